The Kier molecular flexibility index (Phi) is 4.23. The first-order chi connectivity index (χ1) is 11.4. The van der Waals surface area contributed by atoms with Gasteiger partial charge in [0, 0.05) is 17.3 Å². The predicted octanol–water partition coefficient (Wildman–Crippen LogP) is 4.29. The zero-order valence-corrected chi connectivity index (χ0v) is 13.2. The van der Waals surface area contributed by atoms with Crippen LogP contribution in [0.3, 0.4) is 0 Å². The second-order valence-corrected chi connectivity index (χ2v) is 5.95. The van der Waals surface area contributed by atoms with Crippen LogP contribution in [0.4, 0.5) is 13.2 Å². The molecule has 3 aromatic rings. The number of rotatable bonds is 3. The Bertz CT molecular complexity index is 888. The van der Waals surface area contributed by atoms with Gasteiger partial charge < -0.3 is 4.74 Å². The second kappa shape index (κ2) is 6.20. The van der Waals surface area contributed by atoms with Crippen LogP contribution in [-0.2, 0) is 10.9 Å². The third-order valence-corrected chi connectivity index (χ3v) is 4.33. The zero-order chi connectivity index (χ0) is 17.3. The molecule has 1 aromatic carbocycles. The van der Waals surface area contributed by atoms with Crippen LogP contribution in [-0.4, -0.2) is 22.5 Å². The van der Waals surface area contributed by atoms with Gasteiger partial charge in [0.25, 0.3) is 0 Å². The van der Waals surface area contributed by atoms with Gasteiger partial charge in [0.05, 0.1) is 23.3 Å². The van der Waals surface area contributed by atoms with Crippen molar-refractivity contribution in [1.29, 1.82) is 0 Å². The van der Waals surface area contributed by atoms with Crippen LogP contribution < -0.4 is 0 Å². The first-order valence-corrected chi connectivity index (χ1v) is 7.60. The van der Waals surface area contributed by atoms with E-state index in [9.17, 15) is 18.0 Å². The van der Waals surface area contributed by atoms with E-state index in [-0.39, 0.29) is 0 Å². The van der Waals surface area contributed by atoms with Crippen LogP contribution in [0, 0.1) is 0 Å². The van der Waals surface area contributed by atoms with Gasteiger partial charge in [-0.25, -0.2) is 9.78 Å². The molecule has 2 aromatic heterocycles. The minimum atomic E-state index is -4.37. The summed E-state index contributed by atoms with van der Waals surface area (Å²) in [6, 6.07) is 8.03. The Balaban J connectivity index is 1.97. The number of hydrogen-bond donors (Lipinski definition) is 0. The first kappa shape index (κ1) is 16.4. The van der Waals surface area contributed by atoms with Gasteiger partial charge in [-0.15, -0.1) is 0 Å². The van der Waals surface area contributed by atoms with Crippen molar-refractivity contribution in [2.75, 3.05) is 7.11 Å². The lowest BCUT2D eigenvalue weighted by atomic mass is 10.2. The van der Waals surface area contributed by atoms with Crippen LogP contribution >= 0.6 is 11.8 Å². The molecule has 0 amide bonds. The average Bonchev–Trinajstić information content (AvgIpc) is 3.02. The maximum absolute atomic E-state index is 12.6. The van der Waals surface area contributed by atoms with Gasteiger partial charge in [0.15, 0.2) is 0 Å². The lowest BCUT2D eigenvalue weighted by Gasteiger charge is -2.10. The van der Waals surface area contributed by atoms with Crippen LogP contribution in [0.15, 0.2) is 58.7 Å². The smallest absolute Gasteiger partial charge is 0.416 e. The number of ether oxygens (including phenoxy) is 1. The maximum atomic E-state index is 12.6. The highest BCUT2D eigenvalue weighted by Gasteiger charge is 2.30. The summed E-state index contributed by atoms with van der Waals surface area (Å²) in [5.41, 5.74) is 0.167. The van der Waals surface area contributed by atoms with E-state index in [0.717, 1.165) is 12.1 Å². The van der Waals surface area contributed by atoms with Gasteiger partial charge >= 0.3 is 12.1 Å². The molecule has 124 valence electrons. The Morgan fingerprint density at radius 1 is 1.21 bits per heavy atom. The van der Waals surface area contributed by atoms with Crippen LogP contribution in [0.2, 0.25) is 0 Å². The number of nitrogens with zero attached hydrogens (tertiary/aromatic N) is 2. The number of imidazole rings is 1. The monoisotopic (exact) mass is 352 g/mol. The number of aromatic nitrogens is 2. The highest BCUT2D eigenvalue weighted by molar-refractivity contribution is 7.99. The first-order valence-electron chi connectivity index (χ1n) is 6.79. The number of hydrogen-bond acceptors (Lipinski definition) is 4. The van der Waals surface area contributed by atoms with E-state index in [1.54, 1.807) is 28.9 Å². The number of esters is 1. The summed E-state index contributed by atoms with van der Waals surface area (Å²) < 4.78 is 44.3. The van der Waals surface area contributed by atoms with Crippen molar-refractivity contribution in [2.45, 2.75) is 16.1 Å². The molecule has 0 spiro atoms. The van der Waals surface area contributed by atoms with Crippen LogP contribution in [0.1, 0.15) is 15.9 Å². The van der Waals surface area contributed by atoms with E-state index in [4.69, 9.17) is 4.74 Å². The quantitative estimate of drug-likeness (QED) is 0.660. The normalized spacial score (nSPS) is 11.7. The molecule has 0 N–H and O–H groups in total. The molecule has 0 radical (unpaired) electrons. The van der Waals surface area contributed by atoms with E-state index < -0.39 is 17.7 Å². The van der Waals surface area contributed by atoms with Crippen molar-refractivity contribution in [3.8, 4) is 0 Å². The van der Waals surface area contributed by atoms with Crippen molar-refractivity contribution in [1.82, 2.24) is 9.38 Å². The lowest BCUT2D eigenvalue weighted by molar-refractivity contribution is -0.137. The molecule has 2 heterocycles. The van der Waals surface area contributed by atoms with Gasteiger partial charge in [-0.1, -0.05) is 11.8 Å². The number of alkyl halides is 3. The molecule has 0 saturated heterocycles. The summed E-state index contributed by atoms with van der Waals surface area (Å²) in [6.45, 7) is 0. The van der Waals surface area contributed by atoms with E-state index in [1.807, 2.05) is 0 Å². The summed E-state index contributed by atoms with van der Waals surface area (Å²) in [5, 5.41) is 0.644. The molecule has 0 aliphatic carbocycles. The fourth-order valence-corrected chi connectivity index (χ4v) is 3.09. The van der Waals surface area contributed by atoms with E-state index in [0.29, 0.717) is 21.1 Å². The molecule has 8 heteroatoms. The third-order valence-electron chi connectivity index (χ3n) is 3.30. The number of carbonyl (C=O) groups is 1. The molecule has 0 bridgehead atoms. The summed E-state index contributed by atoms with van der Waals surface area (Å²) in [7, 11) is 1.28. The van der Waals surface area contributed by atoms with E-state index in [2.05, 4.69) is 4.98 Å². The number of methoxy groups -OCH3 is 1. The summed E-state index contributed by atoms with van der Waals surface area (Å²) in [5.74, 6) is -0.505. The van der Waals surface area contributed by atoms with Crippen molar-refractivity contribution >= 4 is 23.4 Å². The molecule has 24 heavy (non-hydrogen) atoms. The number of halogens is 3. The number of carbonyl (C=O) groups excluding carboxylic acids is 1. The largest absolute Gasteiger partial charge is 0.465 e. The van der Waals surface area contributed by atoms with Gasteiger partial charge in [-0.3, -0.25) is 4.40 Å². The standard InChI is InChI=1S/C16H11F3N2O2S/c1-23-15(22)10-8-13-20-6-7-21(13)14(9-10)24-12-4-2-11(3-5-12)16(17,18)19/h2-9H,1H3. The van der Waals surface area contributed by atoms with Gasteiger partial charge in [0.2, 0.25) is 0 Å². The minimum absolute atomic E-state index is 0.325. The molecular weight excluding hydrogens is 341 g/mol. The predicted molar refractivity (Wildman–Crippen MR) is 82.1 cm³/mol. The van der Waals surface area contributed by atoms with Gasteiger partial charge in [-0.05, 0) is 36.4 Å². The topological polar surface area (TPSA) is 43.6 Å². The SMILES string of the molecule is COC(=O)c1cc(Sc2ccc(C(F)(F)F)cc2)n2ccnc2c1. The molecule has 0 unspecified atom stereocenters. The van der Waals surface area contributed by atoms with Crippen molar-refractivity contribution in [2.24, 2.45) is 0 Å². The molecule has 4 nitrogen and oxygen atoms in total. The van der Waals surface area contributed by atoms with Gasteiger partial charge in [0.1, 0.15) is 5.65 Å². The zero-order valence-electron chi connectivity index (χ0n) is 12.4. The minimum Gasteiger partial charge on any atom is -0.465 e. The van der Waals surface area contributed by atoms with Crippen molar-refractivity contribution in [3.63, 3.8) is 0 Å². The Morgan fingerprint density at radius 2 is 1.92 bits per heavy atom. The molecule has 0 aliphatic heterocycles. The molecule has 0 fully saturated rings. The molecule has 0 aliphatic rings. The average molecular weight is 352 g/mol. The Hall–Kier alpha value is -2.48. The summed E-state index contributed by atoms with van der Waals surface area (Å²) >= 11 is 1.23. The van der Waals surface area contributed by atoms with Crippen LogP contribution in [0.5, 0.6) is 0 Å². The fourth-order valence-electron chi connectivity index (χ4n) is 2.14. The lowest BCUT2D eigenvalue weighted by Crippen LogP contribution is -2.04. The van der Waals surface area contributed by atoms with Gasteiger partial charge in [-0.2, -0.15) is 13.2 Å². The maximum Gasteiger partial charge on any atom is 0.416 e. The number of fused-ring (bicyclic) bond motifs is 1. The fraction of sp³-hybridized carbons (Fsp3) is 0.125. The number of pyridine rings is 1. The highest BCUT2D eigenvalue weighted by atomic mass is 32.2. The Morgan fingerprint density at radius 3 is 2.54 bits per heavy atom. The number of benzene rings is 1. The highest BCUT2D eigenvalue weighted by Crippen LogP contribution is 2.33. The molecular formula is C16H11F3N2O2S. The van der Waals surface area contributed by atoms with Crippen molar-refractivity contribution < 1.29 is 22.7 Å². The Labute approximate surface area is 139 Å². The molecule has 0 saturated carbocycles. The van der Waals surface area contributed by atoms with E-state index in [1.165, 1.54) is 31.0 Å². The van der Waals surface area contributed by atoms with Crippen LogP contribution in [0.25, 0.3) is 5.65 Å². The third kappa shape index (κ3) is 3.23. The second-order valence-electron chi connectivity index (χ2n) is 4.85. The van der Waals surface area contributed by atoms with Crippen molar-refractivity contribution in [3.05, 3.63) is 59.9 Å². The van der Waals surface area contributed by atoms with E-state index >= 15 is 0 Å². The molecule has 3 rings (SSSR count). The summed E-state index contributed by atoms with van der Waals surface area (Å²) in [6.07, 6.45) is -1.08. The summed E-state index contributed by atoms with van der Waals surface area (Å²) in [4.78, 5) is 16.5. The molecule has 0 atom stereocenters.